The third kappa shape index (κ3) is 2.54. The first kappa shape index (κ1) is 11.0. The molecule has 2 aromatic carbocycles. The maximum absolute atomic E-state index is 2.29. The Morgan fingerprint density at radius 2 is 1.50 bits per heavy atom. The molecule has 16 heavy (non-hydrogen) atoms. The van der Waals surface area contributed by atoms with Crippen molar-refractivity contribution < 1.29 is 0 Å². The highest BCUT2D eigenvalue weighted by molar-refractivity contribution is 6.33. The van der Waals surface area contributed by atoms with Crippen LogP contribution in [-0.4, -0.2) is 7.85 Å². The van der Waals surface area contributed by atoms with Crippen molar-refractivity contribution in [3.8, 4) is 0 Å². The molecule has 0 atom stereocenters. The van der Waals surface area contributed by atoms with Crippen molar-refractivity contribution in [2.45, 2.75) is 20.3 Å². The van der Waals surface area contributed by atoms with Gasteiger partial charge in [-0.3, -0.25) is 0 Å². The molecule has 0 aliphatic carbocycles. The third-order valence-electron chi connectivity index (χ3n) is 3.10. The van der Waals surface area contributed by atoms with E-state index < -0.39 is 0 Å². The molecule has 0 saturated heterocycles. The van der Waals surface area contributed by atoms with Crippen LogP contribution in [0, 0.1) is 13.8 Å². The van der Waals surface area contributed by atoms with Crippen LogP contribution in [0.25, 0.3) is 0 Å². The van der Waals surface area contributed by atoms with Crippen LogP contribution in [0.3, 0.4) is 0 Å². The Balaban J connectivity index is 2.20. The van der Waals surface area contributed by atoms with Gasteiger partial charge in [0.05, 0.1) is 0 Å². The Labute approximate surface area is 98.7 Å². The zero-order valence-electron chi connectivity index (χ0n) is 10.2. The molecule has 0 aliphatic heterocycles. The van der Waals surface area contributed by atoms with Crippen LogP contribution in [0.5, 0.6) is 0 Å². The van der Waals surface area contributed by atoms with E-state index in [1.165, 1.54) is 27.7 Å². The SMILES string of the molecule is Bc1ccc(Cc2ccc(C)cc2)cc1C. The van der Waals surface area contributed by atoms with Gasteiger partial charge in [0.1, 0.15) is 7.85 Å². The Morgan fingerprint density at radius 1 is 0.875 bits per heavy atom. The van der Waals surface area contributed by atoms with Crippen LogP contribution in [0.15, 0.2) is 42.5 Å². The van der Waals surface area contributed by atoms with Crippen molar-refractivity contribution in [1.29, 1.82) is 0 Å². The molecule has 0 nitrogen and oxygen atoms in total. The second-order valence-corrected chi connectivity index (χ2v) is 4.58. The standard InChI is InChI=1S/C15H17B/c1-11-3-5-13(6-4-11)10-14-7-8-15(16)12(2)9-14/h3-9H,10,16H2,1-2H3. The maximum atomic E-state index is 2.29. The molecule has 1 heteroatoms. The smallest absolute Gasteiger partial charge is 0.0861 e. The summed E-state index contributed by atoms with van der Waals surface area (Å²) in [5, 5.41) is 0. The highest BCUT2D eigenvalue weighted by Crippen LogP contribution is 2.11. The fraction of sp³-hybridized carbons (Fsp3) is 0.200. The van der Waals surface area contributed by atoms with Crippen molar-refractivity contribution in [3.63, 3.8) is 0 Å². The maximum Gasteiger partial charge on any atom is 0.139 e. The molecule has 0 bridgehead atoms. The van der Waals surface area contributed by atoms with E-state index >= 15 is 0 Å². The Morgan fingerprint density at radius 3 is 2.12 bits per heavy atom. The van der Waals surface area contributed by atoms with Gasteiger partial charge in [0, 0.05) is 0 Å². The average molecular weight is 208 g/mol. The van der Waals surface area contributed by atoms with Crippen LogP contribution in [0.2, 0.25) is 0 Å². The number of aryl methyl sites for hydroxylation is 2. The molecule has 0 amide bonds. The van der Waals surface area contributed by atoms with Gasteiger partial charge in [0.25, 0.3) is 0 Å². The topological polar surface area (TPSA) is 0 Å². The lowest BCUT2D eigenvalue weighted by Gasteiger charge is -2.06. The molecule has 0 aliphatic rings. The lowest BCUT2D eigenvalue weighted by molar-refractivity contribution is 1.18. The molecule has 80 valence electrons. The summed E-state index contributed by atoms with van der Waals surface area (Å²) < 4.78 is 0. The van der Waals surface area contributed by atoms with Crippen LogP contribution >= 0.6 is 0 Å². The van der Waals surface area contributed by atoms with Gasteiger partial charge in [-0.05, 0) is 31.4 Å². The summed E-state index contributed by atoms with van der Waals surface area (Å²) >= 11 is 0. The number of hydrogen-bond donors (Lipinski definition) is 0. The molecule has 0 unspecified atom stereocenters. The molecule has 0 heterocycles. The van der Waals surface area contributed by atoms with Crippen LogP contribution in [0.1, 0.15) is 22.3 Å². The van der Waals surface area contributed by atoms with Crippen molar-refractivity contribution >= 4 is 13.3 Å². The first-order chi connectivity index (χ1) is 7.65. The Kier molecular flexibility index (Phi) is 3.14. The lowest BCUT2D eigenvalue weighted by atomic mass is 9.89. The lowest BCUT2D eigenvalue weighted by Crippen LogP contribution is -2.07. The largest absolute Gasteiger partial charge is 0.139 e. The van der Waals surface area contributed by atoms with Gasteiger partial charge in [-0.15, -0.1) is 0 Å². The molecule has 0 radical (unpaired) electrons. The van der Waals surface area contributed by atoms with Gasteiger partial charge in [0.15, 0.2) is 0 Å². The van der Waals surface area contributed by atoms with E-state index in [1.54, 1.807) is 0 Å². The van der Waals surface area contributed by atoms with Crippen LogP contribution in [0.4, 0.5) is 0 Å². The van der Waals surface area contributed by atoms with Crippen LogP contribution < -0.4 is 5.46 Å². The van der Waals surface area contributed by atoms with Crippen molar-refractivity contribution in [2.75, 3.05) is 0 Å². The zero-order chi connectivity index (χ0) is 11.5. The molecule has 0 aromatic heterocycles. The highest BCUT2D eigenvalue weighted by atomic mass is 14.0. The average Bonchev–Trinajstić information content (AvgIpc) is 2.27. The molecule has 0 fully saturated rings. The second-order valence-electron chi connectivity index (χ2n) is 4.58. The fourth-order valence-electron chi connectivity index (χ4n) is 1.86. The van der Waals surface area contributed by atoms with Gasteiger partial charge in [-0.1, -0.05) is 59.1 Å². The third-order valence-corrected chi connectivity index (χ3v) is 3.10. The van der Waals surface area contributed by atoms with Gasteiger partial charge >= 0.3 is 0 Å². The van der Waals surface area contributed by atoms with Crippen LogP contribution in [-0.2, 0) is 6.42 Å². The molecule has 2 rings (SSSR count). The van der Waals surface area contributed by atoms with E-state index in [4.69, 9.17) is 0 Å². The number of hydrogen-bond acceptors (Lipinski definition) is 0. The predicted octanol–water partition coefficient (Wildman–Crippen LogP) is 2.15. The monoisotopic (exact) mass is 208 g/mol. The van der Waals surface area contributed by atoms with Crippen molar-refractivity contribution in [3.05, 3.63) is 64.7 Å². The Bertz CT molecular complexity index is 483. The minimum Gasteiger partial charge on any atom is -0.0861 e. The van der Waals surface area contributed by atoms with Crippen molar-refractivity contribution in [2.24, 2.45) is 0 Å². The predicted molar refractivity (Wildman–Crippen MR) is 73.3 cm³/mol. The van der Waals surface area contributed by atoms with E-state index in [2.05, 4.69) is 64.2 Å². The molecular weight excluding hydrogens is 191 g/mol. The van der Waals surface area contributed by atoms with E-state index in [-0.39, 0.29) is 0 Å². The molecule has 0 N–H and O–H groups in total. The zero-order valence-corrected chi connectivity index (χ0v) is 10.2. The van der Waals surface area contributed by atoms with Gasteiger partial charge in [0.2, 0.25) is 0 Å². The molecular formula is C15H17B. The van der Waals surface area contributed by atoms with Gasteiger partial charge in [-0.2, -0.15) is 0 Å². The van der Waals surface area contributed by atoms with E-state index in [9.17, 15) is 0 Å². The molecule has 0 saturated carbocycles. The summed E-state index contributed by atoms with van der Waals surface area (Å²) in [5.74, 6) is 0. The first-order valence-electron chi connectivity index (χ1n) is 5.77. The summed E-state index contributed by atoms with van der Waals surface area (Å²) in [4.78, 5) is 0. The van der Waals surface area contributed by atoms with E-state index in [0.717, 1.165) is 6.42 Å². The summed E-state index contributed by atoms with van der Waals surface area (Å²) in [7, 11) is 2.16. The number of benzene rings is 2. The quantitative estimate of drug-likeness (QED) is 0.663. The second kappa shape index (κ2) is 4.57. The minimum absolute atomic E-state index is 1.03. The van der Waals surface area contributed by atoms with Crippen molar-refractivity contribution in [1.82, 2.24) is 0 Å². The number of rotatable bonds is 2. The van der Waals surface area contributed by atoms with E-state index in [1.807, 2.05) is 0 Å². The molecule has 0 spiro atoms. The van der Waals surface area contributed by atoms with Gasteiger partial charge in [-0.25, -0.2) is 0 Å². The minimum atomic E-state index is 1.03. The molecule has 2 aromatic rings. The summed E-state index contributed by atoms with van der Waals surface area (Å²) in [6.07, 6.45) is 1.03. The van der Waals surface area contributed by atoms with Gasteiger partial charge < -0.3 is 0 Å². The Hall–Kier alpha value is -1.50. The fourth-order valence-corrected chi connectivity index (χ4v) is 1.86. The first-order valence-corrected chi connectivity index (χ1v) is 5.77. The summed E-state index contributed by atoms with van der Waals surface area (Å²) in [6, 6.07) is 15.5. The highest BCUT2D eigenvalue weighted by Gasteiger charge is 1.98. The van der Waals surface area contributed by atoms with E-state index in [0.29, 0.717) is 0 Å². The summed E-state index contributed by atoms with van der Waals surface area (Å²) in [6.45, 7) is 4.30. The normalized spacial score (nSPS) is 10.4. The summed E-state index contributed by atoms with van der Waals surface area (Å²) in [5.41, 5.74) is 6.85.